The van der Waals surface area contributed by atoms with Gasteiger partial charge in [0.05, 0.1) is 19.8 Å². The zero-order valence-corrected chi connectivity index (χ0v) is 49.2. The fraction of sp³-hybridized carbons (Fsp3) is 0.930. The number of unbranched alkanes of at least 4 members (excludes halogenated alkanes) is 25. The van der Waals surface area contributed by atoms with Crippen LogP contribution in [0.25, 0.3) is 0 Å². The first-order valence-electron chi connectivity index (χ1n) is 30.5. The molecule has 24 heteroatoms. The summed E-state index contributed by atoms with van der Waals surface area (Å²) in [4.78, 5) is 37.5. The maximum Gasteiger partial charge on any atom is 0.472 e. The molecule has 0 aromatic heterocycles. The Hall–Kier alpha value is -1.81. The number of hydrogen-bond donors (Lipinski definition) is 12. The fourth-order valence-electron chi connectivity index (χ4n) is 10.2. The molecule has 0 bridgehead atoms. The molecule has 16 atom stereocenters. The molecule has 2 aliphatic heterocycles. The quantitative estimate of drug-likeness (QED) is 0.0170. The van der Waals surface area contributed by atoms with Gasteiger partial charge in [0.2, 0.25) is 0 Å². The van der Waals surface area contributed by atoms with E-state index in [9.17, 15) is 75.2 Å². The van der Waals surface area contributed by atoms with Crippen molar-refractivity contribution in [3.05, 3.63) is 12.2 Å². The van der Waals surface area contributed by atoms with Crippen LogP contribution in [-0.4, -0.2) is 204 Å². The summed E-state index contributed by atoms with van der Waals surface area (Å²) in [5, 5.41) is 117. The Morgan fingerprint density at radius 3 is 1.22 bits per heavy atom. The van der Waals surface area contributed by atoms with E-state index in [1.54, 1.807) is 0 Å². The van der Waals surface area contributed by atoms with Crippen molar-refractivity contribution >= 4 is 19.8 Å². The van der Waals surface area contributed by atoms with Crippen LogP contribution >= 0.6 is 7.82 Å². The third-order valence-electron chi connectivity index (χ3n) is 15.3. The third kappa shape index (κ3) is 27.6. The van der Waals surface area contributed by atoms with Crippen molar-refractivity contribution in [3.63, 3.8) is 0 Å². The zero-order valence-electron chi connectivity index (χ0n) is 48.3. The van der Waals surface area contributed by atoms with E-state index < -0.39 is 150 Å². The van der Waals surface area contributed by atoms with Crippen molar-refractivity contribution in [1.29, 1.82) is 0 Å². The normalized spacial score (nSPS) is 31.0. The minimum absolute atomic E-state index is 0.0337. The number of phosphoric ester groups is 1. The van der Waals surface area contributed by atoms with Crippen LogP contribution in [0.15, 0.2) is 12.2 Å². The second kappa shape index (κ2) is 42.1. The van der Waals surface area contributed by atoms with Gasteiger partial charge in [0.1, 0.15) is 92.1 Å². The topological polar surface area (TPSA) is 368 Å². The molecule has 1 saturated carbocycles. The number of ether oxygens (including phenoxy) is 6. The number of hydrogen-bond acceptors (Lipinski definition) is 22. The highest BCUT2D eigenvalue weighted by atomic mass is 31.2. The number of carbonyl (C=O) groups is 2. The van der Waals surface area contributed by atoms with E-state index >= 15 is 0 Å². The van der Waals surface area contributed by atoms with E-state index in [0.717, 1.165) is 77.0 Å². The first-order chi connectivity index (χ1) is 38.9. The number of esters is 2. The molecular weight excluding hydrogens is 1080 g/mol. The summed E-state index contributed by atoms with van der Waals surface area (Å²) in [6, 6.07) is 0. The van der Waals surface area contributed by atoms with Crippen LogP contribution in [0.4, 0.5) is 0 Å². The first-order valence-corrected chi connectivity index (χ1v) is 32.0. The number of aliphatic hydroxyl groups excluding tert-OH is 11. The number of phosphoric acid groups is 1. The number of aliphatic hydroxyl groups is 11. The van der Waals surface area contributed by atoms with E-state index in [0.29, 0.717) is 12.8 Å². The fourth-order valence-corrected chi connectivity index (χ4v) is 11.2. The van der Waals surface area contributed by atoms with Crippen molar-refractivity contribution in [3.8, 4) is 0 Å². The molecule has 2 saturated heterocycles. The predicted octanol–water partition coefficient (Wildman–Crippen LogP) is 4.71. The second-order valence-electron chi connectivity index (χ2n) is 22.2. The van der Waals surface area contributed by atoms with Crippen molar-refractivity contribution in [2.24, 2.45) is 0 Å². The summed E-state index contributed by atoms with van der Waals surface area (Å²) in [6.07, 6.45) is 0.384. The molecule has 12 N–H and O–H groups in total. The minimum Gasteiger partial charge on any atom is -0.462 e. The second-order valence-corrected chi connectivity index (χ2v) is 23.6. The van der Waals surface area contributed by atoms with Gasteiger partial charge in [0.25, 0.3) is 0 Å². The predicted molar refractivity (Wildman–Crippen MR) is 296 cm³/mol. The van der Waals surface area contributed by atoms with E-state index in [1.807, 2.05) is 0 Å². The van der Waals surface area contributed by atoms with Crippen molar-refractivity contribution in [2.75, 3.05) is 26.4 Å². The van der Waals surface area contributed by atoms with E-state index in [4.69, 9.17) is 37.5 Å². The summed E-state index contributed by atoms with van der Waals surface area (Å²) >= 11 is 0. The molecule has 2 heterocycles. The average molecular weight is 1190 g/mol. The lowest BCUT2D eigenvalue weighted by atomic mass is 9.84. The summed E-state index contributed by atoms with van der Waals surface area (Å²) in [7, 11) is -5.63. The highest BCUT2D eigenvalue weighted by molar-refractivity contribution is 7.47. The van der Waals surface area contributed by atoms with E-state index in [1.165, 1.54) is 89.9 Å². The monoisotopic (exact) mass is 1190 g/mol. The summed E-state index contributed by atoms with van der Waals surface area (Å²) < 4.78 is 58.2. The maximum absolute atomic E-state index is 14.0. The van der Waals surface area contributed by atoms with Gasteiger partial charge in [-0.2, -0.15) is 0 Å². The van der Waals surface area contributed by atoms with Gasteiger partial charge in [0, 0.05) is 12.8 Å². The molecule has 0 spiro atoms. The third-order valence-corrected chi connectivity index (χ3v) is 16.3. The standard InChI is InChI=1S/C57H105O23P/c1-3-5-7-9-11-13-15-17-19-21-23-25-27-29-31-33-42(60)73-37-39(75-43(61)34-32-30-28-26-24-22-20-18-16-14-12-10-8-6-4-2)38-74-81(71,72)80-55-53(78-56-51(69)46(64)44(62)40(35-58)76-56)49(67)48(66)50(68)54(55)79-57-52(70)47(65)45(63)41(36-59)77-57/h14,16,39-41,44-59,62-70H,3-13,15,17-38H2,1-2H3,(H,71,72)/b16-14-. The Balaban J connectivity index is 1.68. The highest BCUT2D eigenvalue weighted by Crippen LogP contribution is 2.49. The van der Waals surface area contributed by atoms with Crippen molar-refractivity contribution in [1.82, 2.24) is 0 Å². The van der Waals surface area contributed by atoms with Gasteiger partial charge in [-0.05, 0) is 38.5 Å². The molecule has 476 valence electrons. The summed E-state index contributed by atoms with van der Waals surface area (Å²) in [5.74, 6) is -1.33. The number of allylic oxidation sites excluding steroid dienone is 2. The van der Waals surface area contributed by atoms with Crippen LogP contribution in [0, 0.1) is 0 Å². The minimum atomic E-state index is -5.63. The van der Waals surface area contributed by atoms with Gasteiger partial charge < -0.3 is 89.5 Å². The molecule has 16 unspecified atom stereocenters. The van der Waals surface area contributed by atoms with Crippen LogP contribution in [0.2, 0.25) is 0 Å². The van der Waals surface area contributed by atoms with Gasteiger partial charge in [-0.1, -0.05) is 167 Å². The lowest BCUT2D eigenvalue weighted by Crippen LogP contribution is -2.69. The van der Waals surface area contributed by atoms with Crippen LogP contribution < -0.4 is 0 Å². The van der Waals surface area contributed by atoms with E-state index in [2.05, 4.69) is 26.0 Å². The number of rotatable bonds is 45. The molecule has 23 nitrogen and oxygen atoms in total. The molecule has 3 rings (SSSR count). The van der Waals surface area contributed by atoms with Crippen LogP contribution in [0.5, 0.6) is 0 Å². The Bertz CT molecular complexity index is 1660. The van der Waals surface area contributed by atoms with E-state index in [-0.39, 0.29) is 12.8 Å². The van der Waals surface area contributed by atoms with Gasteiger partial charge in [-0.3, -0.25) is 18.6 Å². The van der Waals surface area contributed by atoms with Crippen LogP contribution in [0.3, 0.4) is 0 Å². The highest BCUT2D eigenvalue weighted by Gasteiger charge is 2.58. The van der Waals surface area contributed by atoms with Gasteiger partial charge >= 0.3 is 19.8 Å². The Labute approximate surface area is 480 Å². The molecule has 81 heavy (non-hydrogen) atoms. The van der Waals surface area contributed by atoms with Crippen molar-refractivity contribution < 1.29 is 113 Å². The lowest BCUT2D eigenvalue weighted by Gasteiger charge is -2.49. The molecule has 0 radical (unpaired) electrons. The average Bonchev–Trinajstić information content (AvgIpc) is 3.59. The van der Waals surface area contributed by atoms with Gasteiger partial charge in [-0.25, -0.2) is 4.57 Å². The Kier molecular flexibility index (Phi) is 38.2. The Morgan fingerprint density at radius 1 is 0.457 bits per heavy atom. The molecule has 3 fully saturated rings. The molecule has 0 amide bonds. The largest absolute Gasteiger partial charge is 0.472 e. The summed E-state index contributed by atoms with van der Waals surface area (Å²) in [6.45, 7) is 1.01. The smallest absolute Gasteiger partial charge is 0.462 e. The molecule has 3 aliphatic rings. The lowest BCUT2D eigenvalue weighted by molar-refractivity contribution is -0.360. The molecule has 0 aromatic carbocycles. The zero-order chi connectivity index (χ0) is 59.6. The van der Waals surface area contributed by atoms with Gasteiger partial charge in [-0.15, -0.1) is 0 Å². The van der Waals surface area contributed by atoms with Crippen molar-refractivity contribution in [2.45, 2.75) is 311 Å². The van der Waals surface area contributed by atoms with Crippen LogP contribution in [-0.2, 0) is 51.6 Å². The molecule has 0 aromatic rings. The summed E-state index contributed by atoms with van der Waals surface area (Å²) in [5.41, 5.74) is 0. The van der Waals surface area contributed by atoms with Gasteiger partial charge in [0.15, 0.2) is 18.7 Å². The molecule has 1 aliphatic carbocycles. The Morgan fingerprint density at radius 2 is 0.815 bits per heavy atom. The van der Waals surface area contributed by atoms with Crippen LogP contribution in [0.1, 0.15) is 206 Å². The molecular formula is C57H105O23P. The number of carbonyl (C=O) groups excluding carboxylic acids is 2. The maximum atomic E-state index is 14.0. The SMILES string of the molecule is CCCCCC/C=C\CCCCCCCCCC(=O)OC(COC(=O)CCCCCCCCCCCCCCCCC)COP(=O)(O)OC1C(OC2OC(CO)C(O)C(O)C2O)C(O)C(O)C(O)C1OC1OC(CO)C(O)C(O)C1O. The first kappa shape index (κ1) is 73.4.